The molecule has 0 spiro atoms. The maximum absolute atomic E-state index is 12.8. The summed E-state index contributed by atoms with van der Waals surface area (Å²) < 4.78 is 0. The van der Waals surface area contributed by atoms with Crippen molar-refractivity contribution in [1.29, 1.82) is 0 Å². The third-order valence-electron chi connectivity index (χ3n) is 4.12. The molecule has 2 rings (SSSR count). The number of nitrogens with one attached hydrogen (secondary N) is 2. The first-order valence-corrected chi connectivity index (χ1v) is 8.35. The van der Waals surface area contributed by atoms with E-state index in [4.69, 9.17) is 0 Å². The van der Waals surface area contributed by atoms with Crippen molar-refractivity contribution in [2.24, 2.45) is 0 Å². The van der Waals surface area contributed by atoms with Gasteiger partial charge in [0.25, 0.3) is 5.91 Å². The summed E-state index contributed by atoms with van der Waals surface area (Å²) in [6.07, 6.45) is 2.65. The fraction of sp³-hybridized carbons (Fsp3) is 0.389. The molecule has 8 nitrogen and oxygen atoms in total. The number of amides is 4. The predicted molar refractivity (Wildman–Crippen MR) is 98.1 cm³/mol. The topological polar surface area (TPSA) is 102 Å². The van der Waals surface area contributed by atoms with Crippen LogP contribution in [0.15, 0.2) is 30.9 Å². The van der Waals surface area contributed by atoms with Crippen LogP contribution in [-0.2, 0) is 4.79 Å². The Labute approximate surface area is 152 Å². The molecule has 1 aliphatic rings. The minimum absolute atomic E-state index is 0.103. The quantitative estimate of drug-likeness (QED) is 0.558. The highest BCUT2D eigenvalue weighted by Crippen LogP contribution is 2.24. The second kappa shape index (κ2) is 8.37. The second-order valence-electron chi connectivity index (χ2n) is 6.36. The highest BCUT2D eigenvalue weighted by molar-refractivity contribution is 6.02. The minimum atomic E-state index is -0.404. The normalized spacial score (nSPS) is 16.5. The van der Waals surface area contributed by atoms with E-state index < -0.39 is 5.91 Å². The number of hydrogen-bond donors (Lipinski definition) is 3. The van der Waals surface area contributed by atoms with Crippen molar-refractivity contribution in [2.45, 2.75) is 18.9 Å². The number of rotatable bonds is 4. The highest BCUT2D eigenvalue weighted by Gasteiger charge is 2.27. The summed E-state index contributed by atoms with van der Waals surface area (Å²) >= 11 is 0. The number of carbonyl (C=O) groups excluding carboxylic acids is 3. The van der Waals surface area contributed by atoms with E-state index in [1.54, 1.807) is 19.0 Å². The van der Waals surface area contributed by atoms with Crippen molar-refractivity contribution in [3.8, 4) is 5.75 Å². The molecule has 0 aromatic heterocycles. The Morgan fingerprint density at radius 2 is 2.08 bits per heavy atom. The zero-order chi connectivity index (χ0) is 19.3. The molecule has 1 unspecified atom stereocenters. The molecule has 0 saturated carbocycles. The van der Waals surface area contributed by atoms with Crippen LogP contribution in [0.4, 0.5) is 10.5 Å². The van der Waals surface area contributed by atoms with Gasteiger partial charge in [-0.25, -0.2) is 4.79 Å². The molecule has 1 atom stereocenters. The molecular formula is C18H24N4O4. The molecule has 1 saturated heterocycles. The van der Waals surface area contributed by atoms with Gasteiger partial charge in [-0.3, -0.25) is 9.59 Å². The Kier molecular flexibility index (Phi) is 6.21. The van der Waals surface area contributed by atoms with Gasteiger partial charge in [0, 0.05) is 38.9 Å². The Morgan fingerprint density at radius 3 is 2.73 bits per heavy atom. The first-order chi connectivity index (χ1) is 12.3. The molecule has 0 bridgehead atoms. The number of carbonyl (C=O) groups is 3. The van der Waals surface area contributed by atoms with Crippen molar-refractivity contribution in [3.05, 3.63) is 36.4 Å². The van der Waals surface area contributed by atoms with E-state index in [1.165, 1.54) is 23.1 Å². The van der Waals surface area contributed by atoms with E-state index >= 15 is 0 Å². The van der Waals surface area contributed by atoms with Gasteiger partial charge in [-0.15, -0.1) is 0 Å². The number of phenolic OH excluding ortho intramolecular Hbond substituents is 1. The predicted octanol–water partition coefficient (Wildman–Crippen LogP) is 1.39. The molecule has 3 N–H and O–H groups in total. The minimum Gasteiger partial charge on any atom is -0.507 e. The number of phenols is 1. The van der Waals surface area contributed by atoms with Crippen molar-refractivity contribution < 1.29 is 19.5 Å². The van der Waals surface area contributed by atoms with Crippen LogP contribution in [0.1, 0.15) is 23.2 Å². The molecule has 1 aromatic rings. The zero-order valence-electron chi connectivity index (χ0n) is 15.0. The van der Waals surface area contributed by atoms with Crippen LogP contribution in [0.3, 0.4) is 0 Å². The average molecular weight is 360 g/mol. The molecule has 1 aliphatic heterocycles. The van der Waals surface area contributed by atoms with Crippen LogP contribution in [0, 0.1) is 0 Å². The number of hydrogen-bond acceptors (Lipinski definition) is 4. The van der Waals surface area contributed by atoms with Gasteiger partial charge in [0.05, 0.1) is 5.56 Å². The van der Waals surface area contributed by atoms with Crippen molar-refractivity contribution in [3.63, 3.8) is 0 Å². The van der Waals surface area contributed by atoms with Crippen LogP contribution < -0.4 is 10.6 Å². The lowest BCUT2D eigenvalue weighted by Gasteiger charge is -2.34. The van der Waals surface area contributed by atoms with Gasteiger partial charge in [-0.2, -0.15) is 0 Å². The van der Waals surface area contributed by atoms with Gasteiger partial charge in [0.2, 0.25) is 5.91 Å². The summed E-state index contributed by atoms with van der Waals surface area (Å²) in [5.74, 6) is -0.912. The SMILES string of the molecule is C=CC(=O)Nc1ccc(O)c(C(=O)N2CCCC(NC(=O)N(C)C)C2)c1. The molecular weight excluding hydrogens is 336 g/mol. The largest absolute Gasteiger partial charge is 0.507 e. The fourth-order valence-corrected chi connectivity index (χ4v) is 2.73. The molecule has 26 heavy (non-hydrogen) atoms. The van der Waals surface area contributed by atoms with Crippen LogP contribution in [0.25, 0.3) is 0 Å². The summed E-state index contributed by atoms with van der Waals surface area (Å²) in [7, 11) is 3.31. The van der Waals surface area contributed by atoms with Gasteiger partial charge < -0.3 is 25.5 Å². The summed E-state index contributed by atoms with van der Waals surface area (Å²) in [5, 5.41) is 15.5. The fourth-order valence-electron chi connectivity index (χ4n) is 2.73. The standard InChI is InChI=1S/C18H24N4O4/c1-4-16(24)19-12-7-8-15(23)14(10-12)17(25)22-9-5-6-13(11-22)20-18(26)21(2)3/h4,7-8,10,13,23H,1,5-6,9,11H2,2-3H3,(H,19,24)(H,20,26). The monoisotopic (exact) mass is 360 g/mol. The molecule has 8 heteroatoms. The third-order valence-corrected chi connectivity index (χ3v) is 4.12. The smallest absolute Gasteiger partial charge is 0.317 e. The van der Waals surface area contributed by atoms with Gasteiger partial charge in [-0.05, 0) is 37.1 Å². The van der Waals surface area contributed by atoms with Crippen LogP contribution in [-0.4, -0.2) is 66.0 Å². The number of benzene rings is 1. The van der Waals surface area contributed by atoms with Crippen molar-refractivity contribution in [2.75, 3.05) is 32.5 Å². The molecule has 0 aliphatic carbocycles. The van der Waals surface area contributed by atoms with Gasteiger partial charge in [0.1, 0.15) is 5.75 Å². The number of urea groups is 1. The Morgan fingerprint density at radius 1 is 1.35 bits per heavy atom. The molecule has 1 aromatic carbocycles. The number of nitrogens with zero attached hydrogens (tertiary/aromatic N) is 2. The Balaban J connectivity index is 2.12. The Bertz CT molecular complexity index is 717. The number of aromatic hydroxyl groups is 1. The van der Waals surface area contributed by atoms with Crippen LogP contribution in [0.2, 0.25) is 0 Å². The number of anilines is 1. The zero-order valence-corrected chi connectivity index (χ0v) is 15.0. The summed E-state index contributed by atoms with van der Waals surface area (Å²) in [4.78, 5) is 39.1. The maximum atomic E-state index is 12.8. The highest BCUT2D eigenvalue weighted by atomic mass is 16.3. The lowest BCUT2D eigenvalue weighted by atomic mass is 10.0. The summed E-state index contributed by atoms with van der Waals surface area (Å²) in [5.41, 5.74) is 0.497. The number of likely N-dealkylation sites (tertiary alicyclic amines) is 1. The lowest BCUT2D eigenvalue weighted by molar-refractivity contribution is -0.111. The van der Waals surface area contributed by atoms with E-state index in [2.05, 4.69) is 17.2 Å². The van der Waals surface area contributed by atoms with E-state index in [1.807, 2.05) is 0 Å². The summed E-state index contributed by atoms with van der Waals surface area (Å²) in [6, 6.07) is 3.95. The molecule has 4 amide bonds. The first-order valence-electron chi connectivity index (χ1n) is 8.35. The van der Waals surface area contributed by atoms with E-state index in [0.717, 1.165) is 18.9 Å². The van der Waals surface area contributed by atoms with Crippen molar-refractivity contribution in [1.82, 2.24) is 15.1 Å². The average Bonchev–Trinajstić information content (AvgIpc) is 2.62. The maximum Gasteiger partial charge on any atom is 0.317 e. The van der Waals surface area contributed by atoms with Crippen LogP contribution >= 0.6 is 0 Å². The first kappa shape index (κ1) is 19.3. The van der Waals surface area contributed by atoms with Crippen LogP contribution in [0.5, 0.6) is 5.75 Å². The number of piperidine rings is 1. The van der Waals surface area contributed by atoms with Gasteiger partial charge in [0.15, 0.2) is 0 Å². The van der Waals surface area contributed by atoms with Crippen molar-refractivity contribution >= 4 is 23.5 Å². The van der Waals surface area contributed by atoms with E-state index in [-0.39, 0.29) is 29.3 Å². The molecule has 1 fully saturated rings. The third kappa shape index (κ3) is 4.75. The lowest BCUT2D eigenvalue weighted by Crippen LogP contribution is -2.51. The van der Waals surface area contributed by atoms with Gasteiger partial charge >= 0.3 is 6.03 Å². The van der Waals surface area contributed by atoms with E-state index in [0.29, 0.717) is 18.8 Å². The van der Waals surface area contributed by atoms with E-state index in [9.17, 15) is 19.5 Å². The summed E-state index contributed by atoms with van der Waals surface area (Å²) in [6.45, 7) is 4.27. The molecule has 140 valence electrons. The molecule has 0 radical (unpaired) electrons. The second-order valence-corrected chi connectivity index (χ2v) is 6.36. The Hall–Kier alpha value is -3.03. The molecule has 1 heterocycles. The van der Waals surface area contributed by atoms with Gasteiger partial charge in [-0.1, -0.05) is 6.58 Å².